The van der Waals surface area contributed by atoms with Gasteiger partial charge in [0.2, 0.25) is 0 Å². The van der Waals surface area contributed by atoms with Gasteiger partial charge >= 0.3 is 0 Å². The molecule has 2 atom stereocenters. The Hall–Kier alpha value is -0.290. The Labute approximate surface area is 64.0 Å². The van der Waals surface area contributed by atoms with Crippen LogP contribution in [0.3, 0.4) is 0 Å². The Balaban J connectivity index is 2.65. The number of hydrogen-bond acceptors (Lipinski definition) is 1. The first-order valence-electron chi connectivity index (χ1n) is 3.59. The van der Waals surface area contributed by atoms with Crippen molar-refractivity contribution in [3.63, 3.8) is 0 Å². The van der Waals surface area contributed by atoms with Crippen LogP contribution in [0.2, 0.25) is 0 Å². The van der Waals surface area contributed by atoms with E-state index in [0.717, 1.165) is 18.2 Å². The van der Waals surface area contributed by atoms with Crippen molar-refractivity contribution in [3.8, 4) is 0 Å². The zero-order valence-electron chi connectivity index (χ0n) is 6.17. The van der Waals surface area contributed by atoms with Gasteiger partial charge in [0.25, 0.3) is 0 Å². The van der Waals surface area contributed by atoms with Gasteiger partial charge in [0.15, 0.2) is 0 Å². The van der Waals surface area contributed by atoms with Crippen LogP contribution in [0.25, 0.3) is 0 Å². The predicted octanol–water partition coefficient (Wildman–Crippen LogP) is 2.62. The van der Waals surface area contributed by atoms with E-state index >= 15 is 0 Å². The number of rotatable bonds is 1. The van der Waals surface area contributed by atoms with Gasteiger partial charge in [-0.2, -0.15) is 0 Å². The van der Waals surface area contributed by atoms with Crippen LogP contribution in [0.4, 0.5) is 0 Å². The highest BCUT2D eigenvalue weighted by molar-refractivity contribution is 7.22. The molecule has 0 radical (unpaired) electrons. The van der Waals surface area contributed by atoms with Gasteiger partial charge < -0.3 is 5.11 Å². The molecule has 0 aromatic heterocycles. The maximum atomic E-state index is 9.16. The van der Waals surface area contributed by atoms with E-state index in [2.05, 4.69) is 22.2 Å². The molecule has 0 heterocycles. The van der Waals surface area contributed by atoms with Gasteiger partial charge in [-0.25, -0.2) is 0 Å². The lowest BCUT2D eigenvalue weighted by Gasteiger charge is -2.15. The van der Waals surface area contributed by atoms with Crippen molar-refractivity contribution < 1.29 is 5.11 Å². The fraction of sp³-hybridized carbons (Fsp3) is 0.500. The second kappa shape index (κ2) is 3.21. The number of aliphatic hydroxyl groups is 1. The number of aliphatic hydroxyl groups excluding tert-OH is 1. The average Bonchev–Trinajstić information content (AvgIpc) is 1.95. The lowest BCUT2D eigenvalue weighted by atomic mass is 9.97. The molecule has 0 aromatic rings. The molecule has 2 unspecified atom stereocenters. The average molecular weight is 156 g/mol. The Bertz CT molecular complexity index is 182. The van der Waals surface area contributed by atoms with Crippen LogP contribution in [-0.2, 0) is 0 Å². The second-order valence-corrected chi connectivity index (χ2v) is 3.34. The standard InChI is InChI=1S/C8H13OP/c1-2-6-3-4-7(9)8(10)5-6/h3-4,6,9H,2,5,10H2,1H3. The Morgan fingerprint density at radius 1 is 1.80 bits per heavy atom. The zero-order chi connectivity index (χ0) is 7.56. The largest absolute Gasteiger partial charge is 0.508 e. The van der Waals surface area contributed by atoms with E-state index in [1.54, 1.807) is 6.08 Å². The monoisotopic (exact) mass is 156 g/mol. The molecule has 0 fully saturated rings. The summed E-state index contributed by atoms with van der Waals surface area (Å²) in [5.74, 6) is 1.05. The molecular weight excluding hydrogens is 143 g/mol. The third-order valence-electron chi connectivity index (χ3n) is 1.86. The summed E-state index contributed by atoms with van der Waals surface area (Å²) < 4.78 is 0. The zero-order valence-corrected chi connectivity index (χ0v) is 7.33. The highest BCUT2D eigenvalue weighted by Crippen LogP contribution is 2.28. The highest BCUT2D eigenvalue weighted by atomic mass is 31.0. The summed E-state index contributed by atoms with van der Waals surface area (Å²) in [6, 6.07) is 0. The molecular formula is C8H13OP. The first kappa shape index (κ1) is 7.81. The molecule has 1 aliphatic rings. The molecule has 2 heteroatoms. The first-order chi connectivity index (χ1) is 4.74. The lowest BCUT2D eigenvalue weighted by Crippen LogP contribution is -2.00. The van der Waals surface area contributed by atoms with Gasteiger partial charge in [-0.05, 0) is 30.1 Å². The Morgan fingerprint density at radius 3 is 3.00 bits per heavy atom. The molecule has 0 saturated carbocycles. The van der Waals surface area contributed by atoms with E-state index in [0.29, 0.717) is 11.7 Å². The molecule has 1 rings (SSSR count). The molecule has 1 aliphatic carbocycles. The van der Waals surface area contributed by atoms with Crippen molar-refractivity contribution in [2.45, 2.75) is 19.8 Å². The smallest absolute Gasteiger partial charge is 0.118 e. The fourth-order valence-electron chi connectivity index (χ4n) is 1.07. The molecule has 0 aromatic carbocycles. The van der Waals surface area contributed by atoms with Gasteiger partial charge in [0, 0.05) is 0 Å². The Kier molecular flexibility index (Phi) is 2.50. The minimum absolute atomic E-state index is 0.426. The van der Waals surface area contributed by atoms with Crippen LogP contribution in [0.15, 0.2) is 23.2 Å². The normalized spacial score (nSPS) is 25.6. The summed E-state index contributed by atoms with van der Waals surface area (Å²) in [5.41, 5.74) is 0. The summed E-state index contributed by atoms with van der Waals surface area (Å²) >= 11 is 0. The van der Waals surface area contributed by atoms with Crippen LogP contribution in [0, 0.1) is 5.92 Å². The van der Waals surface area contributed by atoms with Crippen LogP contribution in [0.1, 0.15) is 19.8 Å². The number of allylic oxidation sites excluding steroid dienone is 3. The third kappa shape index (κ3) is 1.60. The topological polar surface area (TPSA) is 20.2 Å². The van der Waals surface area contributed by atoms with Gasteiger partial charge in [0.05, 0.1) is 0 Å². The summed E-state index contributed by atoms with van der Waals surface area (Å²) in [4.78, 5) is 0. The quantitative estimate of drug-likeness (QED) is 0.578. The van der Waals surface area contributed by atoms with Crippen molar-refractivity contribution in [2.24, 2.45) is 5.92 Å². The van der Waals surface area contributed by atoms with Crippen molar-refractivity contribution in [3.05, 3.63) is 23.2 Å². The second-order valence-electron chi connectivity index (χ2n) is 2.64. The minimum Gasteiger partial charge on any atom is -0.508 e. The van der Waals surface area contributed by atoms with E-state index in [9.17, 15) is 0 Å². The maximum Gasteiger partial charge on any atom is 0.118 e. The molecule has 0 amide bonds. The number of hydrogen-bond donors (Lipinski definition) is 1. The molecule has 1 nitrogen and oxygen atoms in total. The van der Waals surface area contributed by atoms with E-state index < -0.39 is 0 Å². The molecule has 1 N–H and O–H groups in total. The van der Waals surface area contributed by atoms with Crippen LogP contribution in [-0.4, -0.2) is 5.11 Å². The Morgan fingerprint density at radius 2 is 2.50 bits per heavy atom. The van der Waals surface area contributed by atoms with Crippen LogP contribution < -0.4 is 0 Å². The van der Waals surface area contributed by atoms with Crippen molar-refractivity contribution in [1.82, 2.24) is 0 Å². The van der Waals surface area contributed by atoms with Crippen molar-refractivity contribution in [1.29, 1.82) is 0 Å². The lowest BCUT2D eigenvalue weighted by molar-refractivity contribution is 0.417. The van der Waals surface area contributed by atoms with E-state index in [1.807, 2.05) is 0 Å². The third-order valence-corrected chi connectivity index (χ3v) is 2.39. The van der Waals surface area contributed by atoms with E-state index in [-0.39, 0.29) is 0 Å². The molecule has 0 saturated heterocycles. The summed E-state index contributed by atoms with van der Waals surface area (Å²) in [6.45, 7) is 2.16. The summed E-state index contributed by atoms with van der Waals surface area (Å²) in [7, 11) is 2.58. The molecule has 0 bridgehead atoms. The van der Waals surface area contributed by atoms with Gasteiger partial charge in [-0.1, -0.05) is 13.0 Å². The molecule has 56 valence electrons. The summed E-state index contributed by atoms with van der Waals surface area (Å²) in [6.07, 6.45) is 6.01. The molecule has 10 heavy (non-hydrogen) atoms. The van der Waals surface area contributed by atoms with Gasteiger partial charge in [-0.15, -0.1) is 9.24 Å². The van der Waals surface area contributed by atoms with E-state index in [1.165, 1.54) is 0 Å². The predicted molar refractivity (Wildman–Crippen MR) is 46.9 cm³/mol. The first-order valence-corrected chi connectivity index (χ1v) is 4.17. The fourth-order valence-corrected chi connectivity index (χ4v) is 1.47. The van der Waals surface area contributed by atoms with Crippen molar-refractivity contribution in [2.75, 3.05) is 0 Å². The van der Waals surface area contributed by atoms with Crippen LogP contribution in [0.5, 0.6) is 0 Å². The van der Waals surface area contributed by atoms with Crippen molar-refractivity contribution >= 4 is 9.24 Å². The molecule has 0 spiro atoms. The SMILES string of the molecule is CCC1C=CC(O)=C(P)C1. The molecule has 0 aliphatic heterocycles. The highest BCUT2D eigenvalue weighted by Gasteiger charge is 2.10. The van der Waals surface area contributed by atoms with Gasteiger partial charge in [-0.3, -0.25) is 0 Å². The summed E-state index contributed by atoms with van der Waals surface area (Å²) in [5, 5.41) is 10.2. The van der Waals surface area contributed by atoms with Gasteiger partial charge in [0.1, 0.15) is 5.76 Å². The van der Waals surface area contributed by atoms with E-state index in [4.69, 9.17) is 5.11 Å². The van der Waals surface area contributed by atoms with Crippen LogP contribution >= 0.6 is 9.24 Å². The minimum atomic E-state index is 0.426. The maximum absolute atomic E-state index is 9.16.